The van der Waals surface area contributed by atoms with Crippen molar-refractivity contribution in [3.05, 3.63) is 64.2 Å². The molecule has 0 bridgehead atoms. The van der Waals surface area contributed by atoms with E-state index in [4.69, 9.17) is 14.2 Å². The predicted molar refractivity (Wildman–Crippen MR) is 145 cm³/mol. The lowest BCUT2D eigenvalue weighted by Gasteiger charge is -2.29. The van der Waals surface area contributed by atoms with Crippen LogP contribution in [0.1, 0.15) is 23.2 Å². The van der Waals surface area contributed by atoms with E-state index in [2.05, 4.69) is 22.6 Å². The number of benzene rings is 3. The molecule has 10 nitrogen and oxygen atoms in total. The Balaban J connectivity index is 1.45. The summed E-state index contributed by atoms with van der Waals surface area (Å²) in [5.41, 5.74) is 3.70. The summed E-state index contributed by atoms with van der Waals surface area (Å²) in [5.74, 6) is 1.53. The van der Waals surface area contributed by atoms with Crippen molar-refractivity contribution in [2.24, 2.45) is 5.92 Å². The highest BCUT2D eigenvalue weighted by Crippen LogP contribution is 2.42. The normalized spacial score (nSPS) is 15.4. The highest BCUT2D eigenvalue weighted by atomic mass is 16.6. The largest absolute Gasteiger partial charge is 0.493 e. The SMILES string of the molecule is COc1cc2c(cc1OCC1CCN(C)CC1)Nc1cc(-c3ccc([N+](=O)[O-])c(OC)c3)ccc1C(=O)N2. The highest BCUT2D eigenvalue weighted by molar-refractivity contribution is 6.12. The lowest BCUT2D eigenvalue weighted by atomic mass is 9.98. The topological polar surface area (TPSA) is 115 Å². The average molecular weight is 519 g/mol. The van der Waals surface area contributed by atoms with Gasteiger partial charge in [0.1, 0.15) is 0 Å². The third kappa shape index (κ3) is 5.08. The Bertz CT molecular complexity index is 1380. The van der Waals surface area contributed by atoms with Gasteiger partial charge in [-0.25, -0.2) is 0 Å². The maximum atomic E-state index is 13.1. The summed E-state index contributed by atoms with van der Waals surface area (Å²) in [7, 11) is 5.11. The predicted octanol–water partition coefficient (Wildman–Crippen LogP) is 5.31. The van der Waals surface area contributed by atoms with E-state index in [9.17, 15) is 14.9 Å². The first-order chi connectivity index (χ1) is 18.4. The van der Waals surface area contributed by atoms with E-state index in [0.29, 0.717) is 46.6 Å². The number of ether oxygens (including phenoxy) is 3. The summed E-state index contributed by atoms with van der Waals surface area (Å²) in [6.45, 7) is 2.71. The number of hydrogen-bond donors (Lipinski definition) is 2. The van der Waals surface area contributed by atoms with E-state index in [1.165, 1.54) is 13.2 Å². The molecule has 5 rings (SSSR count). The number of nitro benzene ring substituents is 1. The number of rotatable bonds is 7. The number of nitrogens with zero attached hydrogens (tertiary/aromatic N) is 2. The first kappa shape index (κ1) is 25.3. The summed E-state index contributed by atoms with van der Waals surface area (Å²) in [4.78, 5) is 26.2. The number of nitro groups is 1. The van der Waals surface area contributed by atoms with Crippen molar-refractivity contribution >= 4 is 28.7 Å². The second-order valence-electron chi connectivity index (χ2n) is 9.59. The van der Waals surface area contributed by atoms with Gasteiger partial charge in [-0.1, -0.05) is 6.07 Å². The Morgan fingerprint density at radius 2 is 1.55 bits per heavy atom. The van der Waals surface area contributed by atoms with Gasteiger partial charge < -0.3 is 29.7 Å². The smallest absolute Gasteiger partial charge is 0.310 e. The van der Waals surface area contributed by atoms with Gasteiger partial charge in [-0.2, -0.15) is 0 Å². The Hall–Kier alpha value is -4.31. The van der Waals surface area contributed by atoms with Gasteiger partial charge in [0.05, 0.1) is 48.4 Å². The van der Waals surface area contributed by atoms with E-state index in [1.54, 1.807) is 37.4 Å². The van der Waals surface area contributed by atoms with E-state index >= 15 is 0 Å². The molecule has 1 amide bonds. The minimum absolute atomic E-state index is 0.112. The number of carbonyl (C=O) groups excluding carboxylic acids is 1. The minimum atomic E-state index is -0.483. The van der Waals surface area contributed by atoms with E-state index in [0.717, 1.165) is 37.1 Å². The number of fused-ring (bicyclic) bond motifs is 2. The van der Waals surface area contributed by atoms with Gasteiger partial charge in [0.15, 0.2) is 17.2 Å². The number of nitrogens with one attached hydrogen (secondary N) is 2. The van der Waals surface area contributed by atoms with Crippen molar-refractivity contribution in [1.82, 2.24) is 4.90 Å². The number of anilines is 3. The van der Waals surface area contributed by atoms with Gasteiger partial charge >= 0.3 is 5.69 Å². The molecule has 2 heterocycles. The molecule has 0 saturated carbocycles. The molecule has 0 aliphatic carbocycles. The maximum Gasteiger partial charge on any atom is 0.310 e. The lowest BCUT2D eigenvalue weighted by molar-refractivity contribution is -0.385. The quantitative estimate of drug-likeness (QED) is 0.319. The van der Waals surface area contributed by atoms with Crippen LogP contribution in [0, 0.1) is 16.0 Å². The average Bonchev–Trinajstić information content (AvgIpc) is 3.06. The zero-order chi connectivity index (χ0) is 26.8. The third-order valence-electron chi connectivity index (χ3n) is 7.11. The standard InChI is InChI=1S/C28H30N4O6/c1-31-10-8-17(9-11-31)16-38-27-15-22-23(14-26(27)37-3)30-28(33)20-6-4-18(12-21(20)29-22)19-5-7-24(32(34)35)25(13-19)36-2/h4-7,12-15,17,29H,8-11,16H2,1-3H3,(H,30,33). The van der Waals surface area contributed by atoms with E-state index in [-0.39, 0.29) is 17.3 Å². The van der Waals surface area contributed by atoms with Crippen molar-refractivity contribution in [2.75, 3.05) is 51.6 Å². The van der Waals surface area contributed by atoms with E-state index < -0.39 is 4.92 Å². The van der Waals surface area contributed by atoms with Crippen LogP contribution in [0.4, 0.5) is 22.7 Å². The molecular weight excluding hydrogens is 488 g/mol. The molecule has 1 fully saturated rings. The van der Waals surface area contributed by atoms with Crippen molar-refractivity contribution in [3.8, 4) is 28.4 Å². The summed E-state index contributed by atoms with van der Waals surface area (Å²) in [6.07, 6.45) is 2.17. The van der Waals surface area contributed by atoms with Crippen LogP contribution in [0.15, 0.2) is 48.5 Å². The van der Waals surface area contributed by atoms with Gasteiger partial charge in [-0.15, -0.1) is 0 Å². The fourth-order valence-electron chi connectivity index (χ4n) is 4.84. The highest BCUT2D eigenvalue weighted by Gasteiger charge is 2.24. The number of hydrogen-bond acceptors (Lipinski definition) is 8. The van der Waals surface area contributed by atoms with Crippen LogP contribution in [0.25, 0.3) is 11.1 Å². The monoisotopic (exact) mass is 518 g/mol. The summed E-state index contributed by atoms with van der Waals surface area (Å²) >= 11 is 0. The molecule has 1 saturated heterocycles. The minimum Gasteiger partial charge on any atom is -0.493 e. The number of amides is 1. The summed E-state index contributed by atoms with van der Waals surface area (Å²) < 4.78 is 17.0. The van der Waals surface area contributed by atoms with Crippen LogP contribution in [0.5, 0.6) is 17.2 Å². The summed E-state index contributed by atoms with van der Waals surface area (Å²) in [6, 6.07) is 13.7. The van der Waals surface area contributed by atoms with Crippen molar-refractivity contribution < 1.29 is 23.9 Å². The molecule has 0 unspecified atom stereocenters. The zero-order valence-corrected chi connectivity index (χ0v) is 21.6. The molecule has 0 radical (unpaired) electrons. The molecule has 198 valence electrons. The van der Waals surface area contributed by atoms with E-state index in [1.807, 2.05) is 12.1 Å². The number of piperidine rings is 1. The van der Waals surface area contributed by atoms with Crippen LogP contribution in [-0.2, 0) is 0 Å². The molecule has 2 aliphatic rings. The molecule has 10 heteroatoms. The molecule has 38 heavy (non-hydrogen) atoms. The fourth-order valence-corrected chi connectivity index (χ4v) is 4.84. The van der Waals surface area contributed by atoms with Crippen LogP contribution < -0.4 is 24.8 Å². The number of likely N-dealkylation sites (tertiary alicyclic amines) is 1. The number of carbonyl (C=O) groups is 1. The molecule has 3 aromatic rings. The summed E-state index contributed by atoms with van der Waals surface area (Å²) in [5, 5.41) is 17.6. The van der Waals surface area contributed by atoms with Crippen LogP contribution >= 0.6 is 0 Å². The Morgan fingerprint density at radius 3 is 2.26 bits per heavy atom. The Morgan fingerprint density at radius 1 is 0.895 bits per heavy atom. The molecule has 2 aliphatic heterocycles. The molecule has 3 aromatic carbocycles. The van der Waals surface area contributed by atoms with Gasteiger partial charge in [-0.05, 0) is 74.3 Å². The molecule has 0 aromatic heterocycles. The fraction of sp³-hybridized carbons (Fsp3) is 0.321. The van der Waals surface area contributed by atoms with Crippen LogP contribution in [-0.4, -0.2) is 56.7 Å². The second-order valence-corrected chi connectivity index (χ2v) is 9.59. The van der Waals surface area contributed by atoms with Crippen LogP contribution in [0.3, 0.4) is 0 Å². The second kappa shape index (κ2) is 10.6. The van der Waals surface area contributed by atoms with Gasteiger partial charge in [0.2, 0.25) is 0 Å². The molecule has 2 N–H and O–H groups in total. The zero-order valence-electron chi connectivity index (χ0n) is 21.6. The van der Waals surface area contributed by atoms with Gasteiger partial charge in [0, 0.05) is 18.2 Å². The molecule has 0 spiro atoms. The Kier molecular flexibility index (Phi) is 7.06. The first-order valence-electron chi connectivity index (χ1n) is 12.4. The van der Waals surface area contributed by atoms with Crippen molar-refractivity contribution in [3.63, 3.8) is 0 Å². The maximum absolute atomic E-state index is 13.1. The van der Waals surface area contributed by atoms with Crippen molar-refractivity contribution in [1.29, 1.82) is 0 Å². The third-order valence-corrected chi connectivity index (χ3v) is 7.11. The number of methoxy groups -OCH3 is 2. The van der Waals surface area contributed by atoms with Gasteiger partial charge in [0.25, 0.3) is 5.91 Å². The Labute approximate surface area is 220 Å². The lowest BCUT2D eigenvalue weighted by Crippen LogP contribution is -2.32. The van der Waals surface area contributed by atoms with Crippen molar-refractivity contribution in [2.45, 2.75) is 12.8 Å². The molecule has 0 atom stereocenters. The first-order valence-corrected chi connectivity index (χ1v) is 12.4. The molecular formula is C28H30N4O6. The van der Waals surface area contributed by atoms with Crippen LogP contribution in [0.2, 0.25) is 0 Å². The van der Waals surface area contributed by atoms with Gasteiger partial charge in [-0.3, -0.25) is 14.9 Å².